The summed E-state index contributed by atoms with van der Waals surface area (Å²) in [6.45, 7) is 3.60. The monoisotopic (exact) mass is 402 g/mol. The molecule has 0 saturated carbocycles. The molecule has 28 heavy (non-hydrogen) atoms. The average Bonchev–Trinajstić information content (AvgIpc) is 2.73. The van der Waals surface area contributed by atoms with E-state index in [1.807, 2.05) is 23.1 Å². The van der Waals surface area contributed by atoms with E-state index in [4.69, 9.17) is 16.4 Å². The average molecular weight is 403 g/mol. The van der Waals surface area contributed by atoms with Crippen LogP contribution in [0.2, 0.25) is 5.02 Å². The quantitative estimate of drug-likeness (QED) is 0.698. The topological polar surface area (TPSA) is 48.4 Å². The first-order chi connectivity index (χ1) is 13.6. The third-order valence-corrected chi connectivity index (χ3v) is 6.10. The Morgan fingerprint density at radius 2 is 1.86 bits per heavy atom. The van der Waals surface area contributed by atoms with Crippen LogP contribution in [0.25, 0.3) is 0 Å². The van der Waals surface area contributed by atoms with Crippen molar-refractivity contribution in [2.45, 2.75) is 32.1 Å². The number of carbonyl (C=O) groups excluding carboxylic acids is 1. The zero-order chi connectivity index (χ0) is 19.5. The minimum Gasteiger partial charge on any atom is -0.368 e. The number of carbonyl (C=O) groups is 1. The number of urea groups is 1. The van der Waals surface area contributed by atoms with Crippen molar-refractivity contribution in [3.05, 3.63) is 40.4 Å². The molecule has 150 valence electrons. The third kappa shape index (κ3) is 4.18. The highest BCUT2D eigenvalue weighted by atomic mass is 35.5. The number of rotatable bonds is 2. The van der Waals surface area contributed by atoms with Crippen LogP contribution in [0, 0.1) is 0 Å². The van der Waals surface area contributed by atoms with E-state index in [1.165, 1.54) is 24.0 Å². The van der Waals surface area contributed by atoms with Crippen LogP contribution in [-0.2, 0) is 4.84 Å². The molecular formula is C21H27ClN4O2. The molecule has 2 amide bonds. The van der Waals surface area contributed by atoms with E-state index >= 15 is 0 Å². The fourth-order valence-electron chi connectivity index (χ4n) is 4.25. The molecule has 1 aliphatic carbocycles. The van der Waals surface area contributed by atoms with Crippen molar-refractivity contribution in [1.29, 1.82) is 0 Å². The number of hydroxylamine groups is 2. The molecule has 2 heterocycles. The van der Waals surface area contributed by atoms with Crippen molar-refractivity contribution < 1.29 is 9.63 Å². The summed E-state index contributed by atoms with van der Waals surface area (Å²) in [5.74, 6) is 0.741. The lowest BCUT2D eigenvalue weighted by molar-refractivity contribution is -0.0619. The predicted molar refractivity (Wildman–Crippen MR) is 112 cm³/mol. The van der Waals surface area contributed by atoms with Crippen molar-refractivity contribution >= 4 is 29.2 Å². The van der Waals surface area contributed by atoms with E-state index in [1.54, 1.807) is 12.2 Å². The smallest absolute Gasteiger partial charge is 0.345 e. The summed E-state index contributed by atoms with van der Waals surface area (Å²) in [6.07, 6.45) is 5.48. The molecule has 1 saturated heterocycles. The van der Waals surface area contributed by atoms with Crippen LogP contribution in [-0.4, -0.2) is 61.7 Å². The number of hydrogen-bond acceptors (Lipinski definition) is 3. The van der Waals surface area contributed by atoms with Gasteiger partial charge in [-0.05, 0) is 49.5 Å². The molecule has 7 heteroatoms. The van der Waals surface area contributed by atoms with Gasteiger partial charge in [0, 0.05) is 43.3 Å². The van der Waals surface area contributed by atoms with Crippen molar-refractivity contribution in [3.63, 3.8) is 0 Å². The van der Waals surface area contributed by atoms with Crippen LogP contribution in [0.3, 0.4) is 0 Å². The van der Waals surface area contributed by atoms with E-state index in [9.17, 15) is 4.79 Å². The molecule has 1 aromatic rings. The second-order valence-corrected chi connectivity index (χ2v) is 8.01. The van der Waals surface area contributed by atoms with Crippen molar-refractivity contribution in [2.24, 2.45) is 4.99 Å². The Bertz CT molecular complexity index is 799. The van der Waals surface area contributed by atoms with Crippen LogP contribution in [0.15, 0.2) is 40.4 Å². The molecule has 4 rings (SSSR count). The van der Waals surface area contributed by atoms with Gasteiger partial charge in [-0.2, -0.15) is 4.99 Å². The lowest BCUT2D eigenvalue weighted by Gasteiger charge is -2.36. The van der Waals surface area contributed by atoms with Gasteiger partial charge in [-0.25, -0.2) is 9.86 Å². The second-order valence-electron chi connectivity index (χ2n) is 7.57. The summed E-state index contributed by atoms with van der Waals surface area (Å²) in [6, 6.07) is 7.69. The highest BCUT2D eigenvalue weighted by Gasteiger charge is 2.28. The molecule has 0 aromatic heterocycles. The number of benzene rings is 1. The minimum atomic E-state index is -0.164. The van der Waals surface area contributed by atoms with Gasteiger partial charge in [-0.3, -0.25) is 4.84 Å². The Hall–Kier alpha value is -2.05. The van der Waals surface area contributed by atoms with E-state index < -0.39 is 0 Å². The number of halogens is 1. The van der Waals surface area contributed by atoms with E-state index in [0.29, 0.717) is 13.1 Å². The van der Waals surface area contributed by atoms with Crippen molar-refractivity contribution in [2.75, 3.05) is 44.7 Å². The van der Waals surface area contributed by atoms with Gasteiger partial charge >= 0.3 is 6.03 Å². The molecular weight excluding hydrogens is 376 g/mol. The summed E-state index contributed by atoms with van der Waals surface area (Å²) in [7, 11) is 1.65. The number of aliphatic imine (C=N–C) groups is 1. The molecule has 6 nitrogen and oxygen atoms in total. The highest BCUT2D eigenvalue weighted by Crippen LogP contribution is 2.32. The van der Waals surface area contributed by atoms with Crippen LogP contribution >= 0.6 is 11.6 Å². The lowest BCUT2D eigenvalue weighted by atomic mass is 9.87. The standard InChI is InChI=1S/C21H27ClN4O2/c1-28-26-15-17-6-3-2-5-16(17)13-20(26)23-21(27)25-11-9-24(10-12-25)19-8-4-7-18(22)14-19/h4,7-8,14H,2-3,5-6,9-13,15H2,1H3. The van der Waals surface area contributed by atoms with Gasteiger partial charge in [0.2, 0.25) is 0 Å². The van der Waals surface area contributed by atoms with E-state index in [2.05, 4.69) is 16.0 Å². The normalized spacial score (nSPS) is 21.9. The van der Waals surface area contributed by atoms with Crippen LogP contribution in [0.4, 0.5) is 10.5 Å². The Balaban J connectivity index is 1.40. The zero-order valence-electron chi connectivity index (χ0n) is 16.4. The Morgan fingerprint density at radius 3 is 2.57 bits per heavy atom. The van der Waals surface area contributed by atoms with Gasteiger partial charge in [-0.15, -0.1) is 0 Å². The summed E-state index contributed by atoms with van der Waals surface area (Å²) in [5, 5.41) is 2.51. The fraction of sp³-hybridized carbons (Fsp3) is 0.524. The molecule has 0 radical (unpaired) electrons. The zero-order valence-corrected chi connectivity index (χ0v) is 17.1. The second kappa shape index (κ2) is 8.53. The molecule has 0 unspecified atom stereocenters. The lowest BCUT2D eigenvalue weighted by Crippen LogP contribution is -2.48. The molecule has 0 atom stereocenters. The third-order valence-electron chi connectivity index (χ3n) is 5.87. The minimum absolute atomic E-state index is 0.164. The van der Waals surface area contributed by atoms with Gasteiger partial charge in [0.1, 0.15) is 5.84 Å². The Kier molecular flexibility index (Phi) is 5.87. The summed E-state index contributed by atoms with van der Waals surface area (Å²) < 4.78 is 0. The molecule has 2 aliphatic heterocycles. The highest BCUT2D eigenvalue weighted by molar-refractivity contribution is 6.30. The van der Waals surface area contributed by atoms with Gasteiger partial charge < -0.3 is 9.80 Å². The van der Waals surface area contributed by atoms with Gasteiger partial charge in [0.25, 0.3) is 0 Å². The van der Waals surface area contributed by atoms with Crippen LogP contribution in [0.1, 0.15) is 32.1 Å². The largest absolute Gasteiger partial charge is 0.368 e. The number of hydrogen-bond donors (Lipinski definition) is 0. The molecule has 3 aliphatic rings. The molecule has 1 fully saturated rings. The van der Waals surface area contributed by atoms with Gasteiger partial charge in [0.15, 0.2) is 0 Å². The first kappa shape index (κ1) is 19.3. The molecule has 1 aromatic carbocycles. The first-order valence-electron chi connectivity index (χ1n) is 10.0. The van der Waals surface area contributed by atoms with E-state index in [0.717, 1.165) is 55.4 Å². The summed E-state index contributed by atoms with van der Waals surface area (Å²) in [5.41, 5.74) is 4.02. The molecule has 0 bridgehead atoms. The maximum atomic E-state index is 12.8. The molecule has 0 spiro atoms. The number of amides is 2. The van der Waals surface area contributed by atoms with E-state index in [-0.39, 0.29) is 6.03 Å². The SMILES string of the molecule is CON1CC2=C(CCCC2)CC1=NC(=O)N1CCN(c2cccc(Cl)c2)CC1. The number of piperazine rings is 1. The fourth-order valence-corrected chi connectivity index (χ4v) is 4.44. The predicted octanol–water partition coefficient (Wildman–Crippen LogP) is 4.12. The summed E-state index contributed by atoms with van der Waals surface area (Å²) in [4.78, 5) is 26.8. The Labute approximate surface area is 171 Å². The number of nitrogens with zero attached hydrogens (tertiary/aromatic N) is 4. The van der Waals surface area contributed by atoms with Crippen LogP contribution in [0.5, 0.6) is 0 Å². The molecule has 0 N–H and O–H groups in total. The van der Waals surface area contributed by atoms with Gasteiger partial charge in [0.05, 0.1) is 13.7 Å². The van der Waals surface area contributed by atoms with Crippen LogP contribution < -0.4 is 4.90 Å². The Morgan fingerprint density at radius 1 is 1.11 bits per heavy atom. The van der Waals surface area contributed by atoms with Gasteiger partial charge in [-0.1, -0.05) is 23.2 Å². The van der Waals surface area contributed by atoms with Crippen molar-refractivity contribution in [3.8, 4) is 0 Å². The maximum absolute atomic E-state index is 12.8. The number of anilines is 1. The first-order valence-corrected chi connectivity index (χ1v) is 10.4. The maximum Gasteiger partial charge on any atom is 0.345 e. The summed E-state index contributed by atoms with van der Waals surface area (Å²) >= 11 is 6.10. The number of amidine groups is 1. The van der Waals surface area contributed by atoms with Crippen molar-refractivity contribution in [1.82, 2.24) is 9.96 Å².